The van der Waals surface area contributed by atoms with Crippen molar-refractivity contribution >= 4 is 23.2 Å². The van der Waals surface area contributed by atoms with Gasteiger partial charge >= 0.3 is 0 Å². The molecule has 1 amide bonds. The molecule has 1 saturated heterocycles. The van der Waals surface area contributed by atoms with Gasteiger partial charge in [0.15, 0.2) is 0 Å². The number of hydrogen-bond acceptors (Lipinski definition) is 3. The molecule has 3 rings (SSSR count). The monoisotopic (exact) mass is 371 g/mol. The van der Waals surface area contributed by atoms with Crippen molar-refractivity contribution in [3.8, 4) is 0 Å². The average molecular weight is 372 g/mol. The second kappa shape index (κ2) is 8.67. The average Bonchev–Trinajstić information content (AvgIpc) is 2.66. The van der Waals surface area contributed by atoms with Gasteiger partial charge in [0.1, 0.15) is 0 Å². The zero-order valence-corrected chi connectivity index (χ0v) is 16.2. The lowest BCUT2D eigenvalue weighted by Crippen LogP contribution is -2.52. The zero-order valence-electron chi connectivity index (χ0n) is 15.4. The van der Waals surface area contributed by atoms with Gasteiger partial charge in [-0.15, -0.1) is 0 Å². The van der Waals surface area contributed by atoms with Crippen LogP contribution in [0.5, 0.6) is 0 Å². The van der Waals surface area contributed by atoms with Crippen molar-refractivity contribution in [3.63, 3.8) is 0 Å². The van der Waals surface area contributed by atoms with Crippen molar-refractivity contribution in [2.45, 2.75) is 26.4 Å². The van der Waals surface area contributed by atoms with Gasteiger partial charge in [0.25, 0.3) is 0 Å². The van der Waals surface area contributed by atoms with Crippen LogP contribution in [0.1, 0.15) is 18.1 Å². The molecule has 5 heteroatoms. The number of carbonyl (C=O) groups excluding carboxylic acids is 1. The van der Waals surface area contributed by atoms with Gasteiger partial charge in [-0.2, -0.15) is 0 Å². The first-order valence-electron chi connectivity index (χ1n) is 9.11. The minimum atomic E-state index is -0.160. The Hall–Kier alpha value is -1.88. The first-order chi connectivity index (χ1) is 12.5. The fourth-order valence-electron chi connectivity index (χ4n) is 3.30. The summed E-state index contributed by atoms with van der Waals surface area (Å²) < 4.78 is 0. The van der Waals surface area contributed by atoms with Gasteiger partial charge in [-0.25, -0.2) is 0 Å². The Morgan fingerprint density at radius 1 is 1.08 bits per heavy atom. The molecule has 1 atom stereocenters. The van der Waals surface area contributed by atoms with E-state index in [1.807, 2.05) is 38.1 Å². The van der Waals surface area contributed by atoms with E-state index < -0.39 is 0 Å². The van der Waals surface area contributed by atoms with E-state index in [2.05, 4.69) is 39.4 Å². The van der Waals surface area contributed by atoms with E-state index in [0.717, 1.165) is 44.0 Å². The third-order valence-corrected chi connectivity index (χ3v) is 5.52. The van der Waals surface area contributed by atoms with E-state index in [1.54, 1.807) is 0 Å². The van der Waals surface area contributed by atoms with Gasteiger partial charge in [0.05, 0.1) is 6.04 Å². The van der Waals surface area contributed by atoms with Gasteiger partial charge in [-0.3, -0.25) is 14.6 Å². The number of carbonyl (C=O) groups is 1. The Labute approximate surface area is 160 Å². The van der Waals surface area contributed by atoms with E-state index >= 15 is 0 Å². The molecule has 0 unspecified atom stereocenters. The van der Waals surface area contributed by atoms with Crippen LogP contribution in [-0.2, 0) is 11.3 Å². The molecule has 1 N–H and O–H groups in total. The molecule has 4 nitrogen and oxygen atoms in total. The van der Waals surface area contributed by atoms with Crippen LogP contribution in [0, 0.1) is 6.92 Å². The smallest absolute Gasteiger partial charge is 0.241 e. The highest BCUT2D eigenvalue weighted by Gasteiger charge is 2.25. The third kappa shape index (κ3) is 4.64. The quantitative estimate of drug-likeness (QED) is 0.868. The number of piperazine rings is 1. The number of benzene rings is 2. The SMILES string of the molecule is Cc1c(Cl)cccc1NC(=O)[C@H](C)N1CCN(Cc2ccccc2)CC1. The van der Waals surface area contributed by atoms with E-state index in [4.69, 9.17) is 11.6 Å². The normalized spacial score (nSPS) is 17.0. The Bertz CT molecular complexity index is 742. The van der Waals surface area contributed by atoms with Crippen LogP contribution in [-0.4, -0.2) is 47.9 Å². The van der Waals surface area contributed by atoms with Crippen molar-refractivity contribution in [1.29, 1.82) is 0 Å². The van der Waals surface area contributed by atoms with Gasteiger partial charge in [0, 0.05) is 43.4 Å². The lowest BCUT2D eigenvalue weighted by atomic mass is 10.1. The lowest BCUT2D eigenvalue weighted by molar-refractivity contribution is -0.121. The fourth-order valence-corrected chi connectivity index (χ4v) is 3.47. The van der Waals surface area contributed by atoms with Crippen LogP contribution in [0.3, 0.4) is 0 Å². The summed E-state index contributed by atoms with van der Waals surface area (Å²) in [6.07, 6.45) is 0. The van der Waals surface area contributed by atoms with Crippen molar-refractivity contribution < 1.29 is 4.79 Å². The number of halogens is 1. The number of anilines is 1. The molecule has 0 saturated carbocycles. The Balaban J connectivity index is 1.52. The number of hydrogen-bond donors (Lipinski definition) is 1. The molecule has 1 aliphatic heterocycles. The molecule has 0 radical (unpaired) electrons. The van der Waals surface area contributed by atoms with Crippen LogP contribution in [0.25, 0.3) is 0 Å². The van der Waals surface area contributed by atoms with Crippen molar-refractivity contribution in [3.05, 3.63) is 64.7 Å². The summed E-state index contributed by atoms with van der Waals surface area (Å²) in [6.45, 7) is 8.61. The minimum Gasteiger partial charge on any atom is -0.324 e. The molecule has 0 spiro atoms. The Morgan fingerprint density at radius 3 is 2.46 bits per heavy atom. The number of rotatable bonds is 5. The number of nitrogens with one attached hydrogen (secondary N) is 1. The first kappa shape index (κ1) is 18.9. The van der Waals surface area contributed by atoms with Gasteiger partial charge < -0.3 is 5.32 Å². The summed E-state index contributed by atoms with van der Waals surface area (Å²) in [5, 5.41) is 3.69. The first-order valence-corrected chi connectivity index (χ1v) is 9.48. The standard InChI is InChI=1S/C21H26ClN3O/c1-16-19(22)9-6-10-20(16)23-21(26)17(2)25-13-11-24(12-14-25)15-18-7-4-3-5-8-18/h3-10,17H,11-15H2,1-2H3,(H,23,26)/t17-/m0/s1. The second-order valence-corrected chi connectivity index (χ2v) is 7.28. The molecule has 1 heterocycles. The molecule has 0 aromatic heterocycles. The van der Waals surface area contributed by atoms with Gasteiger partial charge in [0.2, 0.25) is 5.91 Å². The van der Waals surface area contributed by atoms with E-state index in [9.17, 15) is 4.79 Å². The molecule has 1 fully saturated rings. The van der Waals surface area contributed by atoms with Crippen LogP contribution in [0.2, 0.25) is 5.02 Å². The van der Waals surface area contributed by atoms with Crippen LogP contribution < -0.4 is 5.32 Å². The summed E-state index contributed by atoms with van der Waals surface area (Å²) in [4.78, 5) is 17.3. The van der Waals surface area contributed by atoms with E-state index in [0.29, 0.717) is 5.02 Å². The summed E-state index contributed by atoms with van der Waals surface area (Å²) in [6, 6.07) is 16.0. The number of nitrogens with zero attached hydrogens (tertiary/aromatic N) is 2. The third-order valence-electron chi connectivity index (χ3n) is 5.11. The van der Waals surface area contributed by atoms with Crippen molar-refractivity contribution in [2.75, 3.05) is 31.5 Å². The van der Waals surface area contributed by atoms with Gasteiger partial charge in [-0.1, -0.05) is 48.0 Å². The van der Waals surface area contributed by atoms with Crippen molar-refractivity contribution in [2.24, 2.45) is 0 Å². The van der Waals surface area contributed by atoms with Crippen molar-refractivity contribution in [1.82, 2.24) is 9.80 Å². The molecular formula is C21H26ClN3O. The highest BCUT2D eigenvalue weighted by molar-refractivity contribution is 6.31. The minimum absolute atomic E-state index is 0.0203. The highest BCUT2D eigenvalue weighted by Crippen LogP contribution is 2.23. The molecular weight excluding hydrogens is 346 g/mol. The molecule has 138 valence electrons. The lowest BCUT2D eigenvalue weighted by Gasteiger charge is -2.37. The number of amides is 1. The molecule has 0 bridgehead atoms. The van der Waals surface area contributed by atoms with Crippen LogP contribution >= 0.6 is 11.6 Å². The van der Waals surface area contributed by atoms with Crippen LogP contribution in [0.15, 0.2) is 48.5 Å². The van der Waals surface area contributed by atoms with E-state index in [-0.39, 0.29) is 11.9 Å². The zero-order chi connectivity index (χ0) is 18.5. The van der Waals surface area contributed by atoms with E-state index in [1.165, 1.54) is 5.56 Å². The molecule has 0 aliphatic carbocycles. The van der Waals surface area contributed by atoms with Crippen LogP contribution in [0.4, 0.5) is 5.69 Å². The highest BCUT2D eigenvalue weighted by atomic mass is 35.5. The summed E-state index contributed by atoms with van der Waals surface area (Å²) in [5.41, 5.74) is 3.03. The molecule has 2 aromatic carbocycles. The predicted octanol–water partition coefficient (Wildman–Crippen LogP) is 3.79. The Morgan fingerprint density at radius 2 is 1.77 bits per heavy atom. The summed E-state index contributed by atoms with van der Waals surface area (Å²) in [5.74, 6) is 0.0203. The largest absolute Gasteiger partial charge is 0.324 e. The Kier molecular flexibility index (Phi) is 6.30. The maximum Gasteiger partial charge on any atom is 0.241 e. The topological polar surface area (TPSA) is 35.6 Å². The fraction of sp³-hybridized carbons (Fsp3) is 0.381. The predicted molar refractivity (Wildman–Crippen MR) is 108 cm³/mol. The molecule has 2 aromatic rings. The second-order valence-electron chi connectivity index (χ2n) is 6.88. The summed E-state index contributed by atoms with van der Waals surface area (Å²) in [7, 11) is 0. The maximum absolute atomic E-state index is 12.6. The molecule has 1 aliphatic rings. The summed E-state index contributed by atoms with van der Waals surface area (Å²) >= 11 is 6.14. The molecule has 26 heavy (non-hydrogen) atoms. The van der Waals surface area contributed by atoms with Gasteiger partial charge in [-0.05, 0) is 37.1 Å². The maximum atomic E-state index is 12.6.